The molecule has 0 saturated heterocycles. The number of phosphoric ester groups is 2. The molecule has 0 aromatic carbocycles. The van der Waals surface area contributed by atoms with Crippen LogP contribution >= 0.6 is 15.6 Å². The number of ether oxygens (including phenoxy) is 4. The first-order chi connectivity index (χ1) is 43.4. The molecule has 0 fully saturated rings. The third kappa shape index (κ3) is 63.5. The number of aliphatic hydroxyl groups is 1. The predicted molar refractivity (Wildman–Crippen MR) is 363 cm³/mol. The minimum absolute atomic E-state index is 0.106. The highest BCUT2D eigenvalue weighted by Crippen LogP contribution is 2.45. The van der Waals surface area contributed by atoms with E-state index in [4.69, 9.17) is 37.0 Å². The van der Waals surface area contributed by atoms with E-state index in [1.165, 1.54) is 173 Å². The third-order valence-corrected chi connectivity index (χ3v) is 18.7. The van der Waals surface area contributed by atoms with E-state index in [-0.39, 0.29) is 25.7 Å². The van der Waals surface area contributed by atoms with Crippen molar-refractivity contribution in [3.8, 4) is 0 Å². The topological polar surface area (TPSA) is 237 Å². The van der Waals surface area contributed by atoms with E-state index in [2.05, 4.69) is 41.5 Å². The lowest BCUT2D eigenvalue weighted by Gasteiger charge is -2.21. The van der Waals surface area contributed by atoms with Crippen molar-refractivity contribution < 1.29 is 80.2 Å². The molecule has 0 saturated carbocycles. The summed E-state index contributed by atoms with van der Waals surface area (Å²) < 4.78 is 68.3. The monoisotopic (exact) mass is 1320 g/mol. The zero-order valence-corrected chi connectivity index (χ0v) is 60.2. The van der Waals surface area contributed by atoms with Crippen LogP contribution in [0.4, 0.5) is 0 Å². The molecule has 6 atom stereocenters. The molecule has 0 aliphatic carbocycles. The van der Waals surface area contributed by atoms with Gasteiger partial charge in [-0.15, -0.1) is 0 Å². The van der Waals surface area contributed by atoms with Gasteiger partial charge in [0.2, 0.25) is 0 Å². The Bertz CT molecular complexity index is 1750. The lowest BCUT2D eigenvalue weighted by Crippen LogP contribution is -2.30. The summed E-state index contributed by atoms with van der Waals surface area (Å²) in [6.07, 6.45) is 48.4. The van der Waals surface area contributed by atoms with E-state index in [1.54, 1.807) is 0 Å². The maximum absolute atomic E-state index is 13.0. The molecule has 0 aliphatic heterocycles. The molecular formula is C71H138O17P2. The third-order valence-electron chi connectivity index (χ3n) is 16.8. The Morgan fingerprint density at radius 1 is 0.322 bits per heavy atom. The van der Waals surface area contributed by atoms with Crippen molar-refractivity contribution in [2.24, 2.45) is 11.8 Å². The van der Waals surface area contributed by atoms with Crippen LogP contribution in [0.25, 0.3) is 0 Å². The second-order valence-corrected chi connectivity index (χ2v) is 29.3. The van der Waals surface area contributed by atoms with Gasteiger partial charge in [-0.25, -0.2) is 9.13 Å². The van der Waals surface area contributed by atoms with Crippen LogP contribution in [0.2, 0.25) is 0 Å². The summed E-state index contributed by atoms with van der Waals surface area (Å²) in [5.74, 6) is -0.604. The maximum Gasteiger partial charge on any atom is 0.472 e. The first-order valence-corrected chi connectivity index (χ1v) is 40.0. The Labute approximate surface area is 549 Å². The van der Waals surface area contributed by atoms with Crippen molar-refractivity contribution in [1.82, 2.24) is 0 Å². The van der Waals surface area contributed by atoms with E-state index in [1.807, 2.05) is 0 Å². The van der Waals surface area contributed by atoms with Gasteiger partial charge in [0.25, 0.3) is 0 Å². The van der Waals surface area contributed by atoms with E-state index in [0.717, 1.165) is 108 Å². The number of phosphoric acid groups is 2. The quantitative estimate of drug-likeness (QED) is 0.0222. The van der Waals surface area contributed by atoms with Gasteiger partial charge in [0.05, 0.1) is 26.4 Å². The Morgan fingerprint density at radius 2 is 0.567 bits per heavy atom. The van der Waals surface area contributed by atoms with Gasteiger partial charge in [-0.2, -0.15) is 0 Å². The molecule has 0 rings (SSSR count). The molecule has 90 heavy (non-hydrogen) atoms. The van der Waals surface area contributed by atoms with Crippen LogP contribution in [0.1, 0.15) is 363 Å². The summed E-state index contributed by atoms with van der Waals surface area (Å²) in [7, 11) is -9.90. The molecule has 0 radical (unpaired) electrons. The summed E-state index contributed by atoms with van der Waals surface area (Å²) in [6.45, 7) is 9.53. The Kier molecular flexibility index (Phi) is 61.8. The minimum Gasteiger partial charge on any atom is -0.462 e. The van der Waals surface area contributed by atoms with Gasteiger partial charge in [0.15, 0.2) is 12.2 Å². The summed E-state index contributed by atoms with van der Waals surface area (Å²) in [5, 5.41) is 10.6. The molecule has 0 bridgehead atoms. The second-order valence-electron chi connectivity index (χ2n) is 26.3. The summed E-state index contributed by atoms with van der Waals surface area (Å²) >= 11 is 0. The number of hydrogen-bond acceptors (Lipinski definition) is 15. The van der Waals surface area contributed by atoms with Crippen molar-refractivity contribution in [3.05, 3.63) is 0 Å². The van der Waals surface area contributed by atoms with Crippen LogP contribution in [0.15, 0.2) is 0 Å². The molecule has 534 valence electrons. The van der Waals surface area contributed by atoms with Crippen molar-refractivity contribution in [2.45, 2.75) is 381 Å². The molecule has 3 unspecified atom stereocenters. The van der Waals surface area contributed by atoms with Gasteiger partial charge in [0, 0.05) is 25.7 Å². The van der Waals surface area contributed by atoms with Gasteiger partial charge in [-0.1, -0.05) is 311 Å². The maximum atomic E-state index is 13.0. The molecule has 0 aliphatic rings. The highest BCUT2D eigenvalue weighted by molar-refractivity contribution is 7.47. The first kappa shape index (κ1) is 88.1. The zero-order valence-electron chi connectivity index (χ0n) is 58.4. The Morgan fingerprint density at radius 3 is 0.844 bits per heavy atom. The van der Waals surface area contributed by atoms with E-state index >= 15 is 0 Å². The van der Waals surface area contributed by atoms with E-state index in [9.17, 15) is 43.2 Å². The summed E-state index contributed by atoms with van der Waals surface area (Å²) in [4.78, 5) is 72.6. The highest BCUT2D eigenvalue weighted by atomic mass is 31.2. The fourth-order valence-electron chi connectivity index (χ4n) is 10.7. The fraction of sp³-hybridized carbons (Fsp3) is 0.944. The van der Waals surface area contributed by atoms with Crippen molar-refractivity contribution in [2.75, 3.05) is 39.6 Å². The van der Waals surface area contributed by atoms with Gasteiger partial charge in [-0.3, -0.25) is 37.3 Å². The van der Waals surface area contributed by atoms with Gasteiger partial charge in [-0.05, 0) is 37.5 Å². The van der Waals surface area contributed by atoms with Crippen LogP contribution in [-0.2, 0) is 65.4 Å². The zero-order chi connectivity index (χ0) is 66.5. The average molecular weight is 1330 g/mol. The van der Waals surface area contributed by atoms with Gasteiger partial charge in [0.1, 0.15) is 19.3 Å². The lowest BCUT2D eigenvalue weighted by atomic mass is 10.00. The van der Waals surface area contributed by atoms with Crippen LogP contribution in [-0.4, -0.2) is 96.7 Å². The minimum atomic E-state index is -4.95. The largest absolute Gasteiger partial charge is 0.472 e. The van der Waals surface area contributed by atoms with Crippen molar-refractivity contribution >= 4 is 39.5 Å². The van der Waals surface area contributed by atoms with Crippen LogP contribution in [0.3, 0.4) is 0 Å². The van der Waals surface area contributed by atoms with Crippen molar-refractivity contribution in [1.29, 1.82) is 0 Å². The molecule has 0 heterocycles. The molecule has 0 amide bonds. The number of aliphatic hydroxyl groups excluding tert-OH is 1. The lowest BCUT2D eigenvalue weighted by molar-refractivity contribution is -0.161. The van der Waals surface area contributed by atoms with Crippen molar-refractivity contribution in [3.63, 3.8) is 0 Å². The number of hydrogen-bond donors (Lipinski definition) is 3. The number of esters is 4. The van der Waals surface area contributed by atoms with Crippen LogP contribution < -0.4 is 0 Å². The highest BCUT2D eigenvalue weighted by Gasteiger charge is 2.30. The standard InChI is InChI=1S/C71H138O17P2/c1-7-10-12-14-16-18-20-22-27-30-34-41-47-53-68(73)81-59-66(87-71(76)56-50-44-36-32-28-24-21-23-26-29-33-39-45-51-63(4)5)61-85-89(77,78)83-57-65(72)58-84-90(79,80)86-62-67(60-82-69(74)54-48-42-38-37-40-46-52-64(6)9-3)88-70(75)55-49-43-35-31-25-19-17-15-13-11-8-2/h63-67,72H,7-62H2,1-6H3,(H,77,78)(H,79,80)/t64?,65-,66-,67-/m1/s1. The molecule has 19 heteroatoms. The van der Waals surface area contributed by atoms with Gasteiger partial charge >= 0.3 is 39.5 Å². The molecular weight excluding hydrogens is 1190 g/mol. The second kappa shape index (κ2) is 63.1. The van der Waals surface area contributed by atoms with E-state index < -0.39 is 97.5 Å². The fourth-order valence-corrected chi connectivity index (χ4v) is 12.3. The first-order valence-electron chi connectivity index (χ1n) is 37.0. The SMILES string of the molecule is CCCCCCCCCCCCCCCC(=O)OC[C@H](COP(=O)(O)OC[C@@H](O)COP(=O)(O)OC[C@@H](COC(=O)CCCCCCCCC(C)CC)OC(=O)CCCCCCCCCCCCC)OC(=O)CCCCCCCCCCCCCCCC(C)C. The normalized spacial score (nSPS) is 14.4. The van der Waals surface area contributed by atoms with Crippen LogP contribution in [0.5, 0.6) is 0 Å². The molecule has 3 N–H and O–H groups in total. The number of rotatable bonds is 70. The van der Waals surface area contributed by atoms with E-state index in [0.29, 0.717) is 25.7 Å². The number of unbranched alkanes of at least 4 members (excludes halogenated alkanes) is 39. The molecule has 0 spiro atoms. The molecule has 0 aromatic rings. The molecule has 0 aromatic heterocycles. The smallest absolute Gasteiger partial charge is 0.462 e. The van der Waals surface area contributed by atoms with Gasteiger partial charge < -0.3 is 33.8 Å². The average Bonchev–Trinajstić information content (AvgIpc) is 3.58. The Hall–Kier alpha value is -1.94. The summed E-state index contributed by atoms with van der Waals surface area (Å²) in [6, 6.07) is 0. The predicted octanol–water partition coefficient (Wildman–Crippen LogP) is 20.4. The number of carbonyl (C=O) groups excluding carboxylic acids is 4. The number of carbonyl (C=O) groups is 4. The molecule has 17 nitrogen and oxygen atoms in total. The Balaban J connectivity index is 5.25. The summed E-state index contributed by atoms with van der Waals surface area (Å²) in [5.41, 5.74) is 0. The van der Waals surface area contributed by atoms with Crippen LogP contribution in [0, 0.1) is 11.8 Å².